The minimum atomic E-state index is 0.00303. The van der Waals surface area contributed by atoms with Gasteiger partial charge in [0.15, 0.2) is 0 Å². The van der Waals surface area contributed by atoms with Crippen molar-refractivity contribution in [3.63, 3.8) is 0 Å². The molecule has 1 aromatic carbocycles. The van der Waals surface area contributed by atoms with Crippen molar-refractivity contribution < 1.29 is 5.11 Å². The first-order valence-electron chi connectivity index (χ1n) is 5.19. The predicted molar refractivity (Wildman–Crippen MR) is 68.9 cm³/mol. The normalized spacial score (nSPS) is 14.9. The topological polar surface area (TPSA) is 20.2 Å². The Labute approximate surface area is 102 Å². The molecular weight excluding hydrogens is 228 g/mol. The lowest BCUT2D eigenvalue weighted by Crippen LogP contribution is -2.13. The molecule has 0 fully saturated rings. The fourth-order valence-electron chi connectivity index (χ4n) is 1.46. The molecule has 15 heavy (non-hydrogen) atoms. The minimum absolute atomic E-state index is 0.00303. The largest absolute Gasteiger partial charge is 0.395 e. The van der Waals surface area contributed by atoms with E-state index in [1.807, 2.05) is 18.2 Å². The Morgan fingerprint density at radius 2 is 1.93 bits per heavy atom. The highest BCUT2D eigenvalue weighted by Crippen LogP contribution is 2.16. The van der Waals surface area contributed by atoms with Gasteiger partial charge in [0.1, 0.15) is 0 Å². The monoisotopic (exact) mass is 244 g/mol. The number of rotatable bonds is 6. The molecule has 2 atom stereocenters. The molecule has 0 spiro atoms. The van der Waals surface area contributed by atoms with Gasteiger partial charge in [0.2, 0.25) is 0 Å². The summed E-state index contributed by atoms with van der Waals surface area (Å²) in [5.41, 5.74) is 1.31. The minimum Gasteiger partial charge on any atom is -0.395 e. The Bertz CT molecular complexity index is 266. The van der Waals surface area contributed by atoms with Crippen LogP contribution in [-0.2, 0) is 6.42 Å². The Morgan fingerprint density at radius 1 is 1.27 bits per heavy atom. The molecule has 2 unspecified atom stereocenters. The van der Waals surface area contributed by atoms with Crippen LogP contribution in [0.2, 0.25) is 0 Å². The molecule has 0 heterocycles. The van der Waals surface area contributed by atoms with Crippen LogP contribution < -0.4 is 0 Å². The van der Waals surface area contributed by atoms with Crippen LogP contribution >= 0.6 is 24.2 Å². The molecule has 0 bridgehead atoms. The maximum atomic E-state index is 8.83. The third kappa shape index (κ3) is 5.45. The summed E-state index contributed by atoms with van der Waals surface area (Å²) in [6, 6.07) is 10.3. The zero-order chi connectivity index (χ0) is 11.1. The summed E-state index contributed by atoms with van der Waals surface area (Å²) < 4.78 is 0. The molecule has 0 aliphatic heterocycles. The fraction of sp³-hybridized carbons (Fsp3) is 0.500. The van der Waals surface area contributed by atoms with E-state index in [4.69, 9.17) is 16.7 Å². The van der Waals surface area contributed by atoms with E-state index in [9.17, 15) is 0 Å². The average Bonchev–Trinajstić information content (AvgIpc) is 2.27. The van der Waals surface area contributed by atoms with Crippen molar-refractivity contribution in [2.45, 2.75) is 29.9 Å². The summed E-state index contributed by atoms with van der Waals surface area (Å²) in [5, 5.41) is 8.93. The van der Waals surface area contributed by atoms with Gasteiger partial charge in [-0.3, -0.25) is 0 Å². The molecule has 0 radical (unpaired) electrons. The lowest BCUT2D eigenvalue weighted by Gasteiger charge is -2.12. The van der Waals surface area contributed by atoms with Crippen LogP contribution in [0.3, 0.4) is 0 Å². The molecule has 1 nitrogen and oxygen atoms in total. The number of thiol groups is 1. The van der Waals surface area contributed by atoms with Crippen molar-refractivity contribution in [3.05, 3.63) is 35.9 Å². The number of alkyl halides is 1. The van der Waals surface area contributed by atoms with Gasteiger partial charge in [-0.1, -0.05) is 30.3 Å². The van der Waals surface area contributed by atoms with E-state index < -0.39 is 0 Å². The molecular formula is C12H17ClOS. The van der Waals surface area contributed by atoms with Gasteiger partial charge in [-0.2, -0.15) is 12.6 Å². The van der Waals surface area contributed by atoms with Gasteiger partial charge in [0.25, 0.3) is 0 Å². The van der Waals surface area contributed by atoms with E-state index in [0.29, 0.717) is 0 Å². The molecule has 0 aromatic heterocycles. The van der Waals surface area contributed by atoms with E-state index in [1.165, 1.54) is 5.56 Å². The molecule has 1 rings (SSSR count). The maximum Gasteiger partial charge on any atom is 0.0548 e. The zero-order valence-corrected chi connectivity index (χ0v) is 10.3. The first kappa shape index (κ1) is 12.9. The molecule has 84 valence electrons. The smallest absolute Gasteiger partial charge is 0.0548 e. The number of hydrogen-bond acceptors (Lipinski definition) is 2. The quantitative estimate of drug-likeness (QED) is 0.583. The Morgan fingerprint density at radius 3 is 2.53 bits per heavy atom. The molecule has 0 aliphatic carbocycles. The summed E-state index contributed by atoms with van der Waals surface area (Å²) in [4.78, 5) is 0. The number of aryl methyl sites for hydroxylation is 1. The number of aliphatic hydroxyl groups is 1. The predicted octanol–water partition coefficient (Wildman–Crippen LogP) is 2.91. The van der Waals surface area contributed by atoms with Crippen LogP contribution in [0.1, 0.15) is 18.4 Å². The lowest BCUT2D eigenvalue weighted by atomic mass is 10.1. The number of aliphatic hydroxyl groups excluding tert-OH is 1. The van der Waals surface area contributed by atoms with Crippen molar-refractivity contribution in [2.24, 2.45) is 0 Å². The van der Waals surface area contributed by atoms with Gasteiger partial charge >= 0.3 is 0 Å². The molecule has 1 N–H and O–H groups in total. The van der Waals surface area contributed by atoms with Gasteiger partial charge in [0.05, 0.1) is 6.61 Å². The molecule has 0 saturated carbocycles. The standard InChI is InChI=1S/C12H17ClOS/c13-11(8-12(15)9-14)7-6-10-4-2-1-3-5-10/h1-5,11-12,14-15H,6-9H2. The van der Waals surface area contributed by atoms with Crippen LogP contribution in [-0.4, -0.2) is 22.3 Å². The molecule has 3 heteroatoms. The van der Waals surface area contributed by atoms with Gasteiger partial charge in [-0.25, -0.2) is 0 Å². The van der Waals surface area contributed by atoms with Crippen molar-refractivity contribution in [2.75, 3.05) is 6.61 Å². The third-order valence-corrected chi connectivity index (χ3v) is 3.10. The number of halogens is 1. The summed E-state index contributed by atoms with van der Waals surface area (Å²) in [6.07, 6.45) is 2.68. The van der Waals surface area contributed by atoms with E-state index in [0.717, 1.165) is 19.3 Å². The molecule has 0 amide bonds. The first-order valence-corrected chi connectivity index (χ1v) is 6.14. The molecule has 1 aromatic rings. The first-order chi connectivity index (χ1) is 7.22. The Balaban J connectivity index is 2.25. The van der Waals surface area contributed by atoms with E-state index in [1.54, 1.807) is 0 Å². The second-order valence-electron chi connectivity index (χ2n) is 3.69. The Kier molecular flexibility index (Phi) is 6.15. The van der Waals surface area contributed by atoms with Crippen molar-refractivity contribution in [1.29, 1.82) is 0 Å². The average molecular weight is 245 g/mol. The summed E-state index contributed by atoms with van der Waals surface area (Å²) in [6.45, 7) is 0.0949. The van der Waals surface area contributed by atoms with Crippen LogP contribution in [0.15, 0.2) is 30.3 Å². The number of hydrogen-bond donors (Lipinski definition) is 2. The molecule has 0 aliphatic rings. The second-order valence-corrected chi connectivity index (χ2v) is 5.04. The van der Waals surface area contributed by atoms with Crippen LogP contribution in [0, 0.1) is 0 Å². The number of benzene rings is 1. The SMILES string of the molecule is OCC(S)CC(Cl)CCc1ccccc1. The van der Waals surface area contributed by atoms with Crippen molar-refractivity contribution in [1.82, 2.24) is 0 Å². The van der Waals surface area contributed by atoms with Gasteiger partial charge in [0, 0.05) is 10.6 Å². The van der Waals surface area contributed by atoms with Crippen LogP contribution in [0.4, 0.5) is 0 Å². The highest BCUT2D eigenvalue weighted by Gasteiger charge is 2.10. The second kappa shape index (κ2) is 7.15. The van der Waals surface area contributed by atoms with Crippen molar-refractivity contribution in [3.8, 4) is 0 Å². The van der Waals surface area contributed by atoms with Gasteiger partial charge in [-0.05, 0) is 24.8 Å². The van der Waals surface area contributed by atoms with E-state index in [-0.39, 0.29) is 17.2 Å². The summed E-state index contributed by atoms with van der Waals surface area (Å²) in [7, 11) is 0. The van der Waals surface area contributed by atoms with Gasteiger partial charge in [-0.15, -0.1) is 11.6 Å². The fourth-order valence-corrected chi connectivity index (χ4v) is 2.16. The van der Waals surface area contributed by atoms with Crippen LogP contribution in [0.5, 0.6) is 0 Å². The third-order valence-electron chi connectivity index (χ3n) is 2.33. The van der Waals surface area contributed by atoms with Crippen LogP contribution in [0.25, 0.3) is 0 Å². The Hall–Kier alpha value is -0.180. The van der Waals surface area contributed by atoms with Gasteiger partial charge < -0.3 is 5.11 Å². The van der Waals surface area contributed by atoms with E-state index >= 15 is 0 Å². The highest BCUT2D eigenvalue weighted by atomic mass is 35.5. The molecule has 0 saturated heterocycles. The lowest BCUT2D eigenvalue weighted by molar-refractivity contribution is 0.290. The maximum absolute atomic E-state index is 8.83. The summed E-state index contributed by atoms with van der Waals surface area (Å²) in [5.74, 6) is 0. The van der Waals surface area contributed by atoms with E-state index in [2.05, 4.69) is 24.8 Å². The van der Waals surface area contributed by atoms with Crippen molar-refractivity contribution >= 4 is 24.2 Å². The summed E-state index contributed by atoms with van der Waals surface area (Å²) >= 11 is 10.4. The zero-order valence-electron chi connectivity index (χ0n) is 8.64. The highest BCUT2D eigenvalue weighted by molar-refractivity contribution is 7.81.